The molecule has 16 heteroatoms. The summed E-state index contributed by atoms with van der Waals surface area (Å²) in [6.45, 7) is 1.74. The van der Waals surface area contributed by atoms with E-state index in [0.29, 0.717) is 21.2 Å². The van der Waals surface area contributed by atoms with E-state index < -0.39 is 40.1 Å². The van der Waals surface area contributed by atoms with Gasteiger partial charge in [0.05, 0.1) is 29.8 Å². The van der Waals surface area contributed by atoms with Crippen LogP contribution in [0.4, 0.5) is 18.0 Å². The highest BCUT2D eigenvalue weighted by atomic mass is 35.5. The zero-order valence-corrected chi connectivity index (χ0v) is 28.9. The second-order valence-electron chi connectivity index (χ2n) is 11.4. The zero-order chi connectivity index (χ0) is 35.5. The number of nitriles is 1. The Morgan fingerprint density at radius 3 is 2.14 bits per heavy atom. The van der Waals surface area contributed by atoms with E-state index in [1.807, 2.05) is 6.07 Å². The molecule has 0 aromatic heterocycles. The van der Waals surface area contributed by atoms with Crippen molar-refractivity contribution in [2.24, 2.45) is 4.99 Å². The first kappa shape index (κ1) is 36.4. The lowest BCUT2D eigenvalue weighted by Gasteiger charge is -2.39. The van der Waals surface area contributed by atoms with Gasteiger partial charge in [0.1, 0.15) is 17.6 Å². The maximum atomic E-state index is 14.7. The molecule has 10 nitrogen and oxygen atoms in total. The smallest absolute Gasteiger partial charge is 0.416 e. The number of nitrogens with zero attached hydrogens (tertiary/aromatic N) is 6. The number of alkyl halides is 3. The van der Waals surface area contributed by atoms with Gasteiger partial charge >= 0.3 is 12.2 Å². The van der Waals surface area contributed by atoms with Gasteiger partial charge in [-0.2, -0.15) is 35.5 Å². The van der Waals surface area contributed by atoms with Crippen molar-refractivity contribution in [3.05, 3.63) is 99.0 Å². The largest absolute Gasteiger partial charge is 0.493 e. The van der Waals surface area contributed by atoms with Crippen LogP contribution in [0.15, 0.2) is 71.7 Å². The summed E-state index contributed by atoms with van der Waals surface area (Å²) in [5, 5.41) is 9.84. The number of amides is 2. The van der Waals surface area contributed by atoms with E-state index in [1.54, 1.807) is 55.5 Å². The number of amidine groups is 1. The number of hydrogen-bond acceptors (Lipinski definition) is 6. The highest BCUT2D eigenvalue weighted by molar-refractivity contribution is 7.86. The molecule has 0 bridgehead atoms. The summed E-state index contributed by atoms with van der Waals surface area (Å²) in [5.74, 6) is -0.00910. The van der Waals surface area contributed by atoms with Crippen LogP contribution in [0.5, 0.6) is 5.75 Å². The number of carbonyl (C=O) groups is 1. The number of piperazine rings is 1. The van der Waals surface area contributed by atoms with Gasteiger partial charge in [0, 0.05) is 56.2 Å². The Balaban J connectivity index is 1.59. The van der Waals surface area contributed by atoms with Crippen LogP contribution in [0.3, 0.4) is 0 Å². The first-order valence-electron chi connectivity index (χ1n) is 15.4. The molecule has 0 N–H and O–H groups in total. The van der Waals surface area contributed by atoms with Gasteiger partial charge in [-0.3, -0.25) is 9.89 Å². The van der Waals surface area contributed by atoms with E-state index >= 15 is 0 Å². The fourth-order valence-electron chi connectivity index (χ4n) is 5.80. The third kappa shape index (κ3) is 7.81. The van der Waals surface area contributed by atoms with Crippen LogP contribution in [-0.4, -0.2) is 85.1 Å². The van der Waals surface area contributed by atoms with Gasteiger partial charge in [0.25, 0.3) is 10.2 Å². The third-order valence-electron chi connectivity index (χ3n) is 8.31. The van der Waals surface area contributed by atoms with Crippen LogP contribution >= 0.6 is 23.2 Å². The molecule has 0 saturated carbocycles. The molecule has 0 aliphatic carbocycles. The second kappa shape index (κ2) is 14.9. The van der Waals surface area contributed by atoms with Crippen LogP contribution in [0, 0.1) is 11.3 Å². The molecule has 1 fully saturated rings. The Hall–Kier alpha value is -3.87. The summed E-state index contributed by atoms with van der Waals surface area (Å²) in [6.07, 6.45) is -4.61. The molecule has 0 spiro atoms. The summed E-state index contributed by atoms with van der Waals surface area (Å²) < 4.78 is 75.7. The number of carbonyl (C=O) groups excluding carboxylic acids is 1. The van der Waals surface area contributed by atoms with E-state index in [1.165, 1.54) is 27.2 Å². The average molecular weight is 738 g/mol. The molecule has 260 valence electrons. The van der Waals surface area contributed by atoms with Crippen molar-refractivity contribution < 1.29 is 31.1 Å². The maximum Gasteiger partial charge on any atom is 0.416 e. The number of urea groups is 1. The van der Waals surface area contributed by atoms with Crippen LogP contribution in [0.1, 0.15) is 47.7 Å². The lowest BCUT2D eigenvalue weighted by atomic mass is 9.93. The topological polar surface area (TPSA) is 110 Å². The van der Waals surface area contributed by atoms with Crippen molar-refractivity contribution in [2.75, 3.05) is 46.4 Å². The monoisotopic (exact) mass is 736 g/mol. The van der Waals surface area contributed by atoms with E-state index in [2.05, 4.69) is 0 Å². The second-order valence-corrected chi connectivity index (χ2v) is 14.3. The predicted molar refractivity (Wildman–Crippen MR) is 180 cm³/mol. The molecule has 2 heterocycles. The molecule has 49 heavy (non-hydrogen) atoms. The summed E-state index contributed by atoms with van der Waals surface area (Å²) in [5.41, 5.74) is 0.607. The van der Waals surface area contributed by atoms with Gasteiger partial charge in [-0.1, -0.05) is 47.5 Å². The Morgan fingerprint density at radius 1 is 1.00 bits per heavy atom. The highest BCUT2D eigenvalue weighted by Crippen LogP contribution is 2.46. The van der Waals surface area contributed by atoms with Gasteiger partial charge < -0.3 is 9.64 Å². The highest BCUT2D eigenvalue weighted by Gasteiger charge is 2.46. The number of rotatable bonds is 9. The average Bonchev–Trinajstić information content (AvgIpc) is 3.47. The van der Waals surface area contributed by atoms with E-state index in [9.17, 15) is 26.4 Å². The van der Waals surface area contributed by atoms with Gasteiger partial charge in [-0.15, -0.1) is 0 Å². The number of hydrogen-bond donors (Lipinski definition) is 0. The molecule has 2 unspecified atom stereocenters. The Bertz CT molecular complexity index is 1850. The minimum Gasteiger partial charge on any atom is -0.493 e. The van der Waals surface area contributed by atoms with E-state index in [0.717, 1.165) is 16.4 Å². The lowest BCUT2D eigenvalue weighted by Crippen LogP contribution is -2.56. The molecule has 1 saturated heterocycles. The summed E-state index contributed by atoms with van der Waals surface area (Å²) in [4.78, 5) is 22.6. The lowest BCUT2D eigenvalue weighted by molar-refractivity contribution is -0.137. The fraction of sp³-hybridized carbons (Fsp3) is 0.364. The minimum atomic E-state index is -4.64. The summed E-state index contributed by atoms with van der Waals surface area (Å²) in [7, 11) is -2.49. The Morgan fingerprint density at radius 2 is 1.59 bits per heavy atom. The van der Waals surface area contributed by atoms with Gasteiger partial charge in [0.2, 0.25) is 0 Å². The van der Waals surface area contributed by atoms with Crippen LogP contribution < -0.4 is 4.74 Å². The third-order valence-corrected chi connectivity index (χ3v) is 10.8. The first-order chi connectivity index (χ1) is 23.3. The quantitative estimate of drug-likeness (QED) is 0.241. The normalized spacial score (nSPS) is 18.8. The van der Waals surface area contributed by atoms with Gasteiger partial charge in [0.15, 0.2) is 0 Å². The minimum absolute atomic E-state index is 0.0119. The molecular weight excluding hydrogens is 704 g/mol. The van der Waals surface area contributed by atoms with Crippen molar-refractivity contribution in [3.8, 4) is 11.8 Å². The van der Waals surface area contributed by atoms with Crippen molar-refractivity contribution in [1.82, 2.24) is 18.4 Å². The number of ether oxygens (including phenoxy) is 1. The number of halogens is 5. The molecule has 0 radical (unpaired) electrons. The molecule has 3 aromatic rings. The van der Waals surface area contributed by atoms with E-state index in [4.69, 9.17) is 38.2 Å². The van der Waals surface area contributed by atoms with Crippen molar-refractivity contribution >= 4 is 45.3 Å². The maximum absolute atomic E-state index is 14.7. The Labute approximate surface area is 293 Å². The van der Waals surface area contributed by atoms with Gasteiger partial charge in [-0.05, 0) is 60.5 Å². The summed E-state index contributed by atoms with van der Waals surface area (Å²) in [6, 6.07) is 16.7. The number of benzene rings is 3. The van der Waals surface area contributed by atoms with Crippen molar-refractivity contribution in [3.63, 3.8) is 0 Å². The van der Waals surface area contributed by atoms with Crippen LogP contribution in [-0.2, 0) is 16.4 Å². The summed E-state index contributed by atoms with van der Waals surface area (Å²) >= 11 is 12.4. The molecule has 5 rings (SSSR count). The zero-order valence-electron chi connectivity index (χ0n) is 26.6. The van der Waals surface area contributed by atoms with Crippen LogP contribution in [0.25, 0.3) is 0 Å². The Kier molecular flexibility index (Phi) is 11.1. The van der Waals surface area contributed by atoms with Crippen LogP contribution in [0.2, 0.25) is 10.0 Å². The molecule has 2 aliphatic heterocycles. The van der Waals surface area contributed by atoms with Crippen molar-refractivity contribution in [2.45, 2.75) is 31.6 Å². The van der Waals surface area contributed by atoms with Crippen molar-refractivity contribution in [1.29, 1.82) is 5.26 Å². The predicted octanol–water partition coefficient (Wildman–Crippen LogP) is 6.78. The number of aliphatic imine (C=N–C) groups is 1. The molecule has 2 amide bonds. The SMILES string of the molecule is CCOc1cc(C(F)(F)F)ccc1C1=NC(c2ccc(Cl)cc2)C(c2ccc(Cl)cc2)N1C(=O)N1CCN(S(=O)(=O)N(C)CCC#N)CC1. The standard InChI is InChI=1S/C33H33Cl2F3N6O4S/c1-3-48-28-21-24(33(36,37)38)9-14-27(28)31-40-29(22-5-10-25(34)11-6-22)30(23-7-12-26(35)13-8-23)44(31)32(45)42-17-19-43(20-18-42)49(46,47)41(2)16-4-15-39/h5-14,21,29-30H,3-4,16-20H2,1-2H3. The first-order valence-corrected chi connectivity index (χ1v) is 17.5. The molecular formula is C33H33Cl2F3N6O4S. The van der Waals surface area contributed by atoms with Gasteiger partial charge in [-0.25, -0.2) is 4.79 Å². The molecule has 3 aromatic carbocycles. The fourth-order valence-corrected chi connectivity index (χ4v) is 7.39. The molecule has 2 atom stereocenters. The van der Waals surface area contributed by atoms with E-state index in [-0.39, 0.29) is 62.9 Å². The molecule has 2 aliphatic rings.